The highest BCUT2D eigenvalue weighted by molar-refractivity contribution is 5.98. The Morgan fingerprint density at radius 2 is 1.87 bits per heavy atom. The Bertz CT molecular complexity index is 1510. The van der Waals surface area contributed by atoms with E-state index in [9.17, 15) is 18.0 Å². The van der Waals surface area contributed by atoms with Crippen molar-refractivity contribution in [3.63, 3.8) is 0 Å². The van der Waals surface area contributed by atoms with Crippen molar-refractivity contribution < 1.29 is 27.4 Å². The average molecular weight is 542 g/mol. The van der Waals surface area contributed by atoms with Crippen LogP contribution in [0.2, 0.25) is 0 Å². The van der Waals surface area contributed by atoms with Gasteiger partial charge in [0.15, 0.2) is 5.78 Å². The van der Waals surface area contributed by atoms with E-state index in [2.05, 4.69) is 25.1 Å². The third-order valence-electron chi connectivity index (χ3n) is 6.56. The van der Waals surface area contributed by atoms with E-state index in [4.69, 9.17) is 4.74 Å². The lowest BCUT2D eigenvalue weighted by atomic mass is 10.0. The number of pyridine rings is 1. The van der Waals surface area contributed by atoms with Gasteiger partial charge in [-0.15, -0.1) is 18.3 Å². The lowest BCUT2D eigenvalue weighted by molar-refractivity contribution is -0.274. The normalized spacial score (nSPS) is 14.1. The van der Waals surface area contributed by atoms with Crippen LogP contribution >= 0.6 is 0 Å². The molecule has 0 atom stereocenters. The smallest absolute Gasteiger partial charge is 0.406 e. The number of ketones is 1. The monoisotopic (exact) mass is 541 g/mol. The zero-order valence-corrected chi connectivity index (χ0v) is 21.6. The third kappa shape index (κ3) is 5.93. The Kier molecular flexibility index (Phi) is 7.08. The van der Waals surface area contributed by atoms with Gasteiger partial charge in [0.05, 0.1) is 37.0 Å². The van der Waals surface area contributed by atoms with Gasteiger partial charge in [-0.1, -0.05) is 5.21 Å². The molecule has 0 bridgehead atoms. The summed E-state index contributed by atoms with van der Waals surface area (Å²) < 4.78 is 51.8. The van der Waals surface area contributed by atoms with Crippen molar-refractivity contribution in [2.45, 2.75) is 26.6 Å². The minimum absolute atomic E-state index is 0.0818. The van der Waals surface area contributed by atoms with Gasteiger partial charge in [0, 0.05) is 61.3 Å². The van der Waals surface area contributed by atoms with Gasteiger partial charge in [-0.3, -0.25) is 14.5 Å². The molecular formula is C26H26F3N7O3. The fraction of sp³-hybridized carbons (Fsp3) is 0.346. The van der Waals surface area contributed by atoms with Gasteiger partial charge in [0.1, 0.15) is 11.4 Å². The van der Waals surface area contributed by atoms with Crippen molar-refractivity contribution in [3.05, 3.63) is 65.4 Å². The summed E-state index contributed by atoms with van der Waals surface area (Å²) in [6.45, 7) is 5.61. The van der Waals surface area contributed by atoms with Crippen LogP contribution in [0.1, 0.15) is 27.3 Å². The first-order valence-electron chi connectivity index (χ1n) is 12.2. The topological polar surface area (TPSA) is 100 Å². The Labute approximate surface area is 222 Å². The first-order chi connectivity index (χ1) is 18.6. The highest BCUT2D eigenvalue weighted by Gasteiger charge is 2.32. The number of Topliss-reactive ketones (excluding diaryl/α,β-unsaturated/α-hetero) is 1. The molecule has 4 aromatic rings. The molecule has 0 N–H and O–H groups in total. The lowest BCUT2D eigenvalue weighted by Gasteiger charge is -2.29. The minimum atomic E-state index is -4.88. The number of nitrogens with zero attached hydrogens (tertiary/aromatic N) is 7. The molecule has 1 fully saturated rings. The Balaban J connectivity index is 1.41. The fourth-order valence-electron chi connectivity index (χ4n) is 4.38. The van der Waals surface area contributed by atoms with Crippen molar-refractivity contribution in [1.29, 1.82) is 0 Å². The fourth-order valence-corrected chi connectivity index (χ4v) is 4.38. The van der Waals surface area contributed by atoms with E-state index in [1.54, 1.807) is 40.1 Å². The van der Waals surface area contributed by atoms with E-state index in [1.165, 1.54) is 6.07 Å². The molecule has 1 aromatic carbocycles. The van der Waals surface area contributed by atoms with Crippen LogP contribution in [0.15, 0.2) is 42.9 Å². The molecule has 13 heteroatoms. The number of alkyl halides is 3. The number of rotatable bonds is 7. The number of hydrogen-bond donors (Lipinski definition) is 0. The maximum Gasteiger partial charge on any atom is 0.573 e. The second-order valence-corrected chi connectivity index (χ2v) is 9.23. The number of hydrogen-bond acceptors (Lipinski definition) is 8. The molecule has 1 aliphatic rings. The molecule has 39 heavy (non-hydrogen) atoms. The summed E-state index contributed by atoms with van der Waals surface area (Å²) in [6.07, 6.45) is 0.0724. The van der Waals surface area contributed by atoms with E-state index >= 15 is 0 Å². The molecule has 0 saturated carbocycles. The maximum absolute atomic E-state index is 13.3. The zero-order valence-electron chi connectivity index (χ0n) is 21.6. The predicted octanol–water partition coefficient (Wildman–Crippen LogP) is 3.84. The molecule has 3 aromatic heterocycles. The summed E-state index contributed by atoms with van der Waals surface area (Å²) in [5.41, 5.74) is 4.86. The van der Waals surface area contributed by atoms with Crippen LogP contribution in [0.5, 0.6) is 5.75 Å². The Morgan fingerprint density at radius 3 is 2.56 bits per heavy atom. The number of aryl methyl sites for hydroxylation is 2. The highest BCUT2D eigenvalue weighted by atomic mass is 19.4. The number of aromatic nitrogens is 6. The first kappa shape index (κ1) is 26.4. The molecule has 1 aliphatic heterocycles. The second-order valence-electron chi connectivity index (χ2n) is 9.23. The van der Waals surface area contributed by atoms with Gasteiger partial charge in [-0.25, -0.2) is 4.68 Å². The van der Waals surface area contributed by atoms with Gasteiger partial charge >= 0.3 is 6.36 Å². The number of morpholine rings is 1. The highest BCUT2D eigenvalue weighted by Crippen LogP contribution is 2.30. The maximum atomic E-state index is 13.3. The molecule has 10 nitrogen and oxygen atoms in total. The number of carbonyl (C=O) groups excluding carboxylic acids is 1. The number of halogens is 3. The van der Waals surface area contributed by atoms with Crippen LogP contribution in [0, 0.1) is 13.8 Å². The summed E-state index contributed by atoms with van der Waals surface area (Å²) in [4.78, 5) is 19.5. The van der Waals surface area contributed by atoms with Crippen molar-refractivity contribution >= 4 is 11.5 Å². The molecule has 0 spiro atoms. The van der Waals surface area contributed by atoms with E-state index < -0.39 is 12.1 Å². The first-order valence-corrected chi connectivity index (χ1v) is 12.2. The summed E-state index contributed by atoms with van der Waals surface area (Å²) in [7, 11) is 1.84. The zero-order chi connectivity index (χ0) is 27.7. The molecule has 1 saturated heterocycles. The van der Waals surface area contributed by atoms with Crippen LogP contribution in [0.25, 0.3) is 16.9 Å². The minimum Gasteiger partial charge on any atom is -0.406 e. The molecular weight excluding hydrogens is 515 g/mol. The molecule has 5 rings (SSSR count). The molecule has 4 heterocycles. The summed E-state index contributed by atoms with van der Waals surface area (Å²) in [6, 6.07) is 5.75. The average Bonchev–Trinajstić information content (AvgIpc) is 3.51. The number of anilines is 1. The van der Waals surface area contributed by atoms with Gasteiger partial charge in [0.25, 0.3) is 0 Å². The molecule has 0 radical (unpaired) electrons. The molecule has 0 unspecified atom stereocenters. The van der Waals surface area contributed by atoms with Crippen molar-refractivity contribution in [2.24, 2.45) is 7.05 Å². The summed E-state index contributed by atoms with van der Waals surface area (Å²) in [5.74, 6) is -0.822. The Morgan fingerprint density at radius 1 is 1.10 bits per heavy atom. The largest absolute Gasteiger partial charge is 0.573 e. The quantitative estimate of drug-likeness (QED) is 0.326. The van der Waals surface area contributed by atoms with Crippen LogP contribution in [-0.2, 0) is 18.2 Å². The van der Waals surface area contributed by atoms with Gasteiger partial charge in [0.2, 0.25) is 0 Å². The van der Waals surface area contributed by atoms with Crippen LogP contribution < -0.4 is 9.64 Å². The number of ether oxygens (including phenoxy) is 2. The van der Waals surface area contributed by atoms with Crippen molar-refractivity contribution in [2.75, 3.05) is 31.2 Å². The Hall–Kier alpha value is -4.26. The van der Waals surface area contributed by atoms with E-state index in [1.807, 2.05) is 25.8 Å². The SMILES string of the molecule is Cc1ncc(CC(=O)c2cc(OC(F)(F)F)cc(N3CCOCC3)c2)cc1-n1cc(-c2cnn(C)c2C)nn1. The third-order valence-corrected chi connectivity index (χ3v) is 6.56. The van der Waals surface area contributed by atoms with E-state index in [0.29, 0.717) is 54.6 Å². The molecule has 0 aliphatic carbocycles. The molecule has 0 amide bonds. The second kappa shape index (κ2) is 10.5. The van der Waals surface area contributed by atoms with Gasteiger partial charge in [-0.05, 0) is 37.6 Å². The summed E-state index contributed by atoms with van der Waals surface area (Å²) >= 11 is 0. The van der Waals surface area contributed by atoms with E-state index in [-0.39, 0.29) is 17.8 Å². The van der Waals surface area contributed by atoms with E-state index in [0.717, 1.165) is 17.3 Å². The molecule has 204 valence electrons. The van der Waals surface area contributed by atoms with Crippen LogP contribution in [0.4, 0.5) is 18.9 Å². The van der Waals surface area contributed by atoms with Crippen molar-refractivity contribution in [1.82, 2.24) is 29.8 Å². The van der Waals surface area contributed by atoms with Crippen molar-refractivity contribution in [3.8, 4) is 22.7 Å². The number of carbonyl (C=O) groups is 1. The van der Waals surface area contributed by atoms with Gasteiger partial charge in [-0.2, -0.15) is 5.10 Å². The summed E-state index contributed by atoms with van der Waals surface area (Å²) in [5, 5.41) is 12.7. The van der Waals surface area contributed by atoms with Crippen LogP contribution in [0.3, 0.4) is 0 Å². The standard InChI is InChI=1S/C26H26F3N7O3/c1-16-24(36-15-23(32-33-36)22-14-31-34(3)17(22)2)8-18(13-30-16)9-25(37)19-10-20(35-4-6-38-7-5-35)12-21(11-19)39-26(27,28)29/h8,10-15H,4-7,9H2,1-3H3. The number of benzene rings is 1. The van der Waals surface area contributed by atoms with Crippen LogP contribution in [-0.4, -0.2) is 68.2 Å². The van der Waals surface area contributed by atoms with Gasteiger partial charge < -0.3 is 14.4 Å². The lowest BCUT2D eigenvalue weighted by Crippen LogP contribution is -2.36. The predicted molar refractivity (Wildman–Crippen MR) is 135 cm³/mol.